The summed E-state index contributed by atoms with van der Waals surface area (Å²) in [5.74, 6) is 0.0903. The Hall–Kier alpha value is -2.05. The summed E-state index contributed by atoms with van der Waals surface area (Å²) in [7, 11) is -3.79. The van der Waals surface area contributed by atoms with Gasteiger partial charge in [-0.1, -0.05) is 0 Å². The number of hydrogen-bond donors (Lipinski definition) is 1. The van der Waals surface area contributed by atoms with Crippen LogP contribution >= 0.6 is 15.9 Å². The zero-order chi connectivity index (χ0) is 13.9. The molecule has 0 fully saturated rings. The highest BCUT2D eigenvalue weighted by atomic mass is 79.9. The van der Waals surface area contributed by atoms with E-state index < -0.39 is 10.0 Å². The Bertz CT molecular complexity index is 722. The van der Waals surface area contributed by atoms with Gasteiger partial charge in [0.15, 0.2) is 5.82 Å². The molecular formula is C10H6BrN5O2S. The minimum atomic E-state index is -3.79. The fourth-order valence-corrected chi connectivity index (χ4v) is 2.31. The van der Waals surface area contributed by atoms with E-state index in [0.717, 1.165) is 6.20 Å². The van der Waals surface area contributed by atoms with E-state index in [1.54, 1.807) is 0 Å². The average Bonchev–Trinajstić information content (AvgIpc) is 2.41. The lowest BCUT2D eigenvalue weighted by Crippen LogP contribution is -2.14. The molecule has 0 aromatic carbocycles. The molecule has 19 heavy (non-hydrogen) atoms. The van der Waals surface area contributed by atoms with E-state index in [1.165, 1.54) is 24.5 Å². The molecule has 0 saturated heterocycles. The lowest BCUT2D eigenvalue weighted by molar-refractivity contribution is 0.600. The maximum atomic E-state index is 12.0. The number of anilines is 1. The van der Waals surface area contributed by atoms with Crippen LogP contribution in [0.2, 0.25) is 0 Å². The Balaban J connectivity index is 2.27. The lowest BCUT2D eigenvalue weighted by Gasteiger charge is -2.06. The third-order valence-electron chi connectivity index (χ3n) is 2.02. The third kappa shape index (κ3) is 3.24. The average molecular weight is 340 g/mol. The second kappa shape index (κ2) is 5.29. The van der Waals surface area contributed by atoms with Gasteiger partial charge in [-0.3, -0.25) is 4.72 Å². The van der Waals surface area contributed by atoms with Crippen LogP contribution in [0.25, 0.3) is 0 Å². The molecule has 2 heterocycles. The van der Waals surface area contributed by atoms with Gasteiger partial charge in [0.25, 0.3) is 10.0 Å². The first-order chi connectivity index (χ1) is 9.01. The summed E-state index contributed by atoms with van der Waals surface area (Å²) in [6.07, 6.45) is 3.75. The second-order valence-electron chi connectivity index (χ2n) is 3.32. The van der Waals surface area contributed by atoms with E-state index >= 15 is 0 Å². The molecule has 0 saturated carbocycles. The first kappa shape index (κ1) is 13.4. The molecule has 2 rings (SSSR count). The van der Waals surface area contributed by atoms with Crippen LogP contribution in [0, 0.1) is 11.3 Å². The van der Waals surface area contributed by atoms with Crippen molar-refractivity contribution in [3.8, 4) is 6.07 Å². The minimum Gasteiger partial charge on any atom is -0.262 e. The maximum Gasteiger partial charge on any atom is 0.264 e. The van der Waals surface area contributed by atoms with Gasteiger partial charge in [0, 0.05) is 6.20 Å². The molecule has 96 valence electrons. The van der Waals surface area contributed by atoms with Crippen LogP contribution in [-0.2, 0) is 10.0 Å². The SMILES string of the molecule is N#Cc1ccc(S(=O)(=O)Nc2cnc(Br)cn2)cn1. The first-order valence-electron chi connectivity index (χ1n) is 4.88. The van der Waals surface area contributed by atoms with Gasteiger partial charge in [0.05, 0.1) is 12.4 Å². The molecule has 0 bridgehead atoms. The molecule has 0 unspecified atom stereocenters. The number of sulfonamides is 1. The number of nitrogens with zero attached hydrogens (tertiary/aromatic N) is 4. The molecule has 7 nitrogen and oxygen atoms in total. The maximum absolute atomic E-state index is 12.0. The molecule has 0 amide bonds. The Morgan fingerprint density at radius 3 is 2.47 bits per heavy atom. The largest absolute Gasteiger partial charge is 0.264 e. The molecule has 0 radical (unpaired) electrons. The fourth-order valence-electron chi connectivity index (χ4n) is 1.17. The van der Waals surface area contributed by atoms with Crippen molar-refractivity contribution in [1.29, 1.82) is 5.26 Å². The van der Waals surface area contributed by atoms with Gasteiger partial charge in [-0.05, 0) is 28.1 Å². The van der Waals surface area contributed by atoms with E-state index in [4.69, 9.17) is 5.26 Å². The number of halogens is 1. The molecule has 0 atom stereocenters. The van der Waals surface area contributed by atoms with Gasteiger partial charge < -0.3 is 0 Å². The number of rotatable bonds is 3. The third-order valence-corrected chi connectivity index (χ3v) is 3.77. The normalized spacial score (nSPS) is 10.7. The van der Waals surface area contributed by atoms with E-state index in [0.29, 0.717) is 4.60 Å². The van der Waals surface area contributed by atoms with E-state index in [-0.39, 0.29) is 16.4 Å². The molecule has 2 aromatic heterocycles. The first-order valence-corrected chi connectivity index (χ1v) is 7.15. The van der Waals surface area contributed by atoms with Gasteiger partial charge in [0.2, 0.25) is 0 Å². The quantitative estimate of drug-likeness (QED) is 0.902. The Morgan fingerprint density at radius 1 is 1.16 bits per heavy atom. The Kier molecular flexibility index (Phi) is 3.73. The summed E-state index contributed by atoms with van der Waals surface area (Å²) in [5, 5.41) is 8.59. The summed E-state index contributed by atoms with van der Waals surface area (Å²) in [5.41, 5.74) is 0.141. The predicted molar refractivity (Wildman–Crippen MR) is 69.5 cm³/mol. The van der Waals surface area contributed by atoms with Crippen LogP contribution in [0.1, 0.15) is 5.69 Å². The van der Waals surface area contributed by atoms with Crippen molar-refractivity contribution in [2.45, 2.75) is 4.90 Å². The summed E-state index contributed by atoms with van der Waals surface area (Å²) >= 11 is 3.09. The van der Waals surface area contributed by atoms with Crippen molar-refractivity contribution in [1.82, 2.24) is 15.0 Å². The van der Waals surface area contributed by atoms with E-state index in [1.807, 2.05) is 6.07 Å². The second-order valence-corrected chi connectivity index (χ2v) is 5.82. The minimum absolute atomic E-state index is 0.0591. The van der Waals surface area contributed by atoms with Gasteiger partial charge in [-0.25, -0.2) is 23.4 Å². The van der Waals surface area contributed by atoms with Crippen molar-refractivity contribution >= 4 is 31.8 Å². The lowest BCUT2D eigenvalue weighted by atomic mass is 10.4. The zero-order valence-electron chi connectivity index (χ0n) is 9.28. The van der Waals surface area contributed by atoms with E-state index in [2.05, 4.69) is 35.6 Å². The molecule has 1 N–H and O–H groups in total. The zero-order valence-corrected chi connectivity index (χ0v) is 11.7. The fraction of sp³-hybridized carbons (Fsp3) is 0. The highest BCUT2D eigenvalue weighted by Gasteiger charge is 2.15. The van der Waals surface area contributed by atoms with Crippen LogP contribution in [0.5, 0.6) is 0 Å². The summed E-state index contributed by atoms with van der Waals surface area (Å²) in [6, 6.07) is 4.42. The number of hydrogen-bond acceptors (Lipinski definition) is 6. The van der Waals surface area contributed by atoms with Gasteiger partial charge >= 0.3 is 0 Å². The molecule has 0 aliphatic carbocycles. The number of pyridine rings is 1. The van der Waals surface area contributed by atoms with Gasteiger partial charge in [-0.2, -0.15) is 5.26 Å². The van der Waals surface area contributed by atoms with Crippen molar-refractivity contribution in [3.63, 3.8) is 0 Å². The van der Waals surface area contributed by atoms with Gasteiger partial charge in [-0.15, -0.1) is 0 Å². The summed E-state index contributed by atoms with van der Waals surface area (Å²) < 4.78 is 26.7. The van der Waals surface area contributed by atoms with Crippen LogP contribution in [0.15, 0.2) is 40.2 Å². The monoisotopic (exact) mass is 339 g/mol. The highest BCUT2D eigenvalue weighted by molar-refractivity contribution is 9.10. The van der Waals surface area contributed by atoms with Crippen LogP contribution in [-0.4, -0.2) is 23.4 Å². The van der Waals surface area contributed by atoms with Crippen LogP contribution in [0.3, 0.4) is 0 Å². The predicted octanol–water partition coefficient (Wildman–Crippen LogP) is 1.31. The number of nitrogens with one attached hydrogen (secondary N) is 1. The Morgan fingerprint density at radius 2 is 1.95 bits per heavy atom. The number of aromatic nitrogens is 3. The van der Waals surface area contributed by atoms with Crippen LogP contribution < -0.4 is 4.72 Å². The summed E-state index contributed by atoms with van der Waals surface area (Å²) in [6.45, 7) is 0. The van der Waals surface area contributed by atoms with Crippen molar-refractivity contribution in [3.05, 3.63) is 41.0 Å². The van der Waals surface area contributed by atoms with Crippen molar-refractivity contribution in [2.75, 3.05) is 4.72 Å². The molecular weight excluding hydrogens is 334 g/mol. The molecule has 0 aliphatic rings. The van der Waals surface area contributed by atoms with Gasteiger partial charge in [0.1, 0.15) is 21.3 Å². The number of nitriles is 1. The molecule has 9 heteroatoms. The smallest absolute Gasteiger partial charge is 0.262 e. The summed E-state index contributed by atoms with van der Waals surface area (Å²) in [4.78, 5) is 11.3. The Labute approximate surface area is 117 Å². The van der Waals surface area contributed by atoms with Crippen molar-refractivity contribution in [2.24, 2.45) is 0 Å². The van der Waals surface area contributed by atoms with Crippen molar-refractivity contribution < 1.29 is 8.42 Å². The standard InChI is InChI=1S/C10H6BrN5O2S/c11-9-5-15-10(6-14-9)16-19(17,18)8-2-1-7(3-12)13-4-8/h1-2,4-6H,(H,15,16). The topological polar surface area (TPSA) is 109 Å². The van der Waals surface area contributed by atoms with E-state index in [9.17, 15) is 8.42 Å². The molecule has 2 aromatic rings. The highest BCUT2D eigenvalue weighted by Crippen LogP contribution is 2.13. The molecule has 0 aliphatic heterocycles. The molecule has 0 spiro atoms. The van der Waals surface area contributed by atoms with Crippen LogP contribution in [0.4, 0.5) is 5.82 Å².